The van der Waals surface area contributed by atoms with E-state index >= 15 is 0 Å². The monoisotopic (exact) mass is 300 g/mol. The molecule has 1 atom stereocenters. The molecule has 0 radical (unpaired) electrons. The van der Waals surface area contributed by atoms with Crippen molar-refractivity contribution in [3.63, 3.8) is 0 Å². The summed E-state index contributed by atoms with van der Waals surface area (Å²) in [6.07, 6.45) is 10.5. The fraction of sp³-hybridized carbons (Fsp3) is 0.882. The van der Waals surface area contributed by atoms with Gasteiger partial charge in [-0.2, -0.15) is 0 Å². The Morgan fingerprint density at radius 2 is 1.52 bits per heavy atom. The fourth-order valence-electron chi connectivity index (χ4n) is 2.28. The Bertz CT molecular complexity index is 308. The molecule has 0 aliphatic rings. The van der Waals surface area contributed by atoms with Gasteiger partial charge in [-0.25, -0.2) is 4.79 Å². The largest absolute Gasteiger partial charge is 0.480 e. The van der Waals surface area contributed by atoms with Gasteiger partial charge >= 0.3 is 5.97 Å². The maximum Gasteiger partial charge on any atom is 0.326 e. The van der Waals surface area contributed by atoms with Crippen molar-refractivity contribution >= 4 is 11.9 Å². The molecule has 0 aromatic carbocycles. The van der Waals surface area contributed by atoms with Gasteiger partial charge in [-0.15, -0.1) is 0 Å². The molecular weight excluding hydrogens is 266 g/mol. The summed E-state index contributed by atoms with van der Waals surface area (Å²) in [4.78, 5) is 22.7. The second kappa shape index (κ2) is 12.7. The lowest BCUT2D eigenvalue weighted by atomic mass is 10.0. The third kappa shape index (κ3) is 11.3. The number of carboxylic acid groups (broad SMARTS) is 1. The third-order valence-electron chi connectivity index (χ3n) is 3.65. The van der Waals surface area contributed by atoms with Gasteiger partial charge in [-0.05, 0) is 12.3 Å². The predicted molar refractivity (Wildman–Crippen MR) is 86.2 cm³/mol. The zero-order chi connectivity index (χ0) is 16.8. The molecule has 21 heavy (non-hydrogen) atoms. The Kier molecular flexibility index (Phi) is 10.8. The van der Waals surface area contributed by atoms with Crippen LogP contribution in [-0.2, 0) is 9.59 Å². The van der Waals surface area contributed by atoms with Crippen LogP contribution >= 0.6 is 0 Å². The van der Waals surface area contributed by atoms with E-state index in [1.807, 2.05) is 0 Å². The van der Waals surface area contributed by atoms with Crippen LogP contribution in [0.25, 0.3) is 0 Å². The van der Waals surface area contributed by atoms with Crippen molar-refractivity contribution < 1.29 is 16.1 Å². The van der Waals surface area contributed by atoms with Gasteiger partial charge < -0.3 is 10.4 Å². The molecule has 0 aromatic rings. The fourth-order valence-corrected chi connectivity index (χ4v) is 2.28. The van der Waals surface area contributed by atoms with Crippen LogP contribution in [0.3, 0.4) is 0 Å². The molecule has 124 valence electrons. The van der Waals surface area contributed by atoms with Crippen LogP contribution < -0.4 is 5.32 Å². The maximum atomic E-state index is 11.7. The standard InChI is InChI=1S/C17H33NO3/c1-4-5-6-7-8-9-10-11-12-13-15(19)18-16(14(2)3)17(20)21/h14,16H,4-13H2,1-3H3,(H,18,19)(H,20,21)/t16-/m0/s1/i1D. The number of aliphatic carboxylic acids is 1. The highest BCUT2D eigenvalue weighted by molar-refractivity contribution is 5.83. The molecule has 0 spiro atoms. The highest BCUT2D eigenvalue weighted by Gasteiger charge is 2.22. The van der Waals surface area contributed by atoms with E-state index in [9.17, 15) is 9.59 Å². The summed E-state index contributed by atoms with van der Waals surface area (Å²) in [5.74, 6) is -1.22. The summed E-state index contributed by atoms with van der Waals surface area (Å²) in [5.41, 5.74) is 0. The third-order valence-corrected chi connectivity index (χ3v) is 3.65. The lowest BCUT2D eigenvalue weighted by Crippen LogP contribution is -2.44. The van der Waals surface area contributed by atoms with Crippen molar-refractivity contribution in [2.45, 2.75) is 91.0 Å². The van der Waals surface area contributed by atoms with E-state index in [1.165, 1.54) is 32.1 Å². The van der Waals surface area contributed by atoms with E-state index in [-0.39, 0.29) is 11.8 Å². The topological polar surface area (TPSA) is 66.4 Å². The SMILES string of the molecule is [2H]CCCCCCCCCCCC(=O)N[C@H](C(=O)O)C(C)C. The van der Waals surface area contributed by atoms with Crippen molar-refractivity contribution in [1.29, 1.82) is 0 Å². The van der Waals surface area contributed by atoms with E-state index < -0.39 is 12.0 Å². The van der Waals surface area contributed by atoms with Crippen molar-refractivity contribution in [2.75, 3.05) is 0 Å². The van der Waals surface area contributed by atoms with Crippen LogP contribution in [0.4, 0.5) is 0 Å². The quantitative estimate of drug-likeness (QED) is 0.502. The summed E-state index contributed by atoms with van der Waals surface area (Å²) < 4.78 is 7.05. The van der Waals surface area contributed by atoms with Crippen molar-refractivity contribution in [1.82, 2.24) is 5.32 Å². The summed E-state index contributed by atoms with van der Waals surface area (Å²) in [6.45, 7) is 4.13. The Labute approximate surface area is 131 Å². The van der Waals surface area contributed by atoms with Crippen LogP contribution in [0.2, 0.25) is 0 Å². The van der Waals surface area contributed by atoms with Crippen molar-refractivity contribution in [3.8, 4) is 0 Å². The van der Waals surface area contributed by atoms with E-state index in [1.54, 1.807) is 13.8 Å². The molecule has 0 unspecified atom stereocenters. The normalized spacial score (nSPS) is 13.0. The Morgan fingerprint density at radius 3 is 2.00 bits per heavy atom. The lowest BCUT2D eigenvalue weighted by Gasteiger charge is -2.17. The second-order valence-corrected chi connectivity index (χ2v) is 6.06. The minimum Gasteiger partial charge on any atom is -0.480 e. The zero-order valence-corrected chi connectivity index (χ0v) is 13.7. The molecule has 2 N–H and O–H groups in total. The molecule has 0 saturated carbocycles. The highest BCUT2D eigenvalue weighted by atomic mass is 16.4. The highest BCUT2D eigenvalue weighted by Crippen LogP contribution is 2.10. The van der Waals surface area contributed by atoms with Gasteiger partial charge in [0.05, 0.1) is 0 Å². The number of carbonyl (C=O) groups excluding carboxylic acids is 1. The predicted octanol–water partition coefficient (Wildman–Crippen LogP) is 4.13. The molecule has 1 amide bonds. The number of carboxylic acids is 1. The van der Waals surface area contributed by atoms with Gasteiger partial charge in [0, 0.05) is 7.79 Å². The Hall–Kier alpha value is -1.06. The van der Waals surface area contributed by atoms with E-state index in [0.717, 1.165) is 25.7 Å². The molecule has 0 aromatic heterocycles. The number of hydrogen-bond donors (Lipinski definition) is 2. The van der Waals surface area contributed by atoms with Crippen LogP contribution in [-0.4, -0.2) is 23.0 Å². The molecule has 0 heterocycles. The van der Waals surface area contributed by atoms with Crippen molar-refractivity contribution in [2.24, 2.45) is 5.92 Å². The average Bonchev–Trinajstić information content (AvgIpc) is 2.46. The first-order valence-corrected chi connectivity index (χ1v) is 8.30. The van der Waals surface area contributed by atoms with E-state index in [0.29, 0.717) is 13.3 Å². The maximum absolute atomic E-state index is 11.7. The minimum absolute atomic E-state index is 0.100. The van der Waals surface area contributed by atoms with Gasteiger partial charge in [-0.1, -0.05) is 72.1 Å². The molecule has 0 bridgehead atoms. The van der Waals surface area contributed by atoms with Crippen LogP contribution in [0, 0.1) is 5.92 Å². The molecule has 0 aliphatic heterocycles. The molecule has 0 aliphatic carbocycles. The smallest absolute Gasteiger partial charge is 0.326 e. The number of hydrogen-bond acceptors (Lipinski definition) is 2. The Morgan fingerprint density at radius 1 is 1.00 bits per heavy atom. The molecule has 4 nitrogen and oxygen atoms in total. The summed E-state index contributed by atoms with van der Waals surface area (Å²) in [5, 5.41) is 11.6. The van der Waals surface area contributed by atoms with Crippen LogP contribution in [0.1, 0.15) is 86.3 Å². The van der Waals surface area contributed by atoms with Gasteiger partial charge in [0.2, 0.25) is 5.91 Å². The number of carbonyl (C=O) groups is 2. The first kappa shape index (κ1) is 18.0. The lowest BCUT2D eigenvalue weighted by molar-refractivity contribution is -0.143. The minimum atomic E-state index is -0.964. The first-order chi connectivity index (χ1) is 10.5. The van der Waals surface area contributed by atoms with Gasteiger partial charge in [0.1, 0.15) is 6.04 Å². The first-order valence-electron chi connectivity index (χ1n) is 9.01. The van der Waals surface area contributed by atoms with E-state index in [2.05, 4.69) is 5.32 Å². The van der Waals surface area contributed by atoms with Gasteiger partial charge in [-0.3, -0.25) is 4.79 Å². The number of rotatable bonds is 13. The summed E-state index contributed by atoms with van der Waals surface area (Å²) in [7, 11) is 0. The zero-order valence-electron chi connectivity index (χ0n) is 14.7. The van der Waals surface area contributed by atoms with Crippen molar-refractivity contribution in [3.05, 3.63) is 0 Å². The number of unbranched alkanes of at least 4 members (excludes halogenated alkanes) is 8. The molecule has 0 rings (SSSR count). The number of amides is 1. The molecular formula is C17H33NO3. The molecule has 0 fully saturated rings. The summed E-state index contributed by atoms with van der Waals surface area (Å²) >= 11 is 0. The van der Waals surface area contributed by atoms with Gasteiger partial charge in [0.15, 0.2) is 0 Å². The van der Waals surface area contributed by atoms with Gasteiger partial charge in [0.25, 0.3) is 0 Å². The molecule has 0 saturated heterocycles. The number of nitrogens with one attached hydrogen (secondary N) is 1. The second-order valence-electron chi connectivity index (χ2n) is 6.06. The van der Waals surface area contributed by atoms with E-state index in [4.69, 9.17) is 6.48 Å². The summed E-state index contributed by atoms with van der Waals surface area (Å²) in [6, 6.07) is -0.781. The van der Waals surface area contributed by atoms with Crippen LogP contribution in [0.15, 0.2) is 0 Å². The average molecular weight is 300 g/mol. The van der Waals surface area contributed by atoms with Crippen LogP contribution in [0.5, 0.6) is 0 Å². The molecule has 4 heteroatoms. The Balaban J connectivity index is 3.51.